The molecule has 4 rings (SSSR count). The molecule has 0 bridgehead atoms. The van der Waals surface area contributed by atoms with Crippen LogP contribution in [-0.4, -0.2) is 24.7 Å². The largest absolute Gasteiger partial charge is 0.488 e. The summed E-state index contributed by atoms with van der Waals surface area (Å²) in [6.07, 6.45) is 6.17. The average Bonchev–Trinajstić information content (AvgIpc) is 2.69. The van der Waals surface area contributed by atoms with Gasteiger partial charge >= 0.3 is 0 Å². The van der Waals surface area contributed by atoms with Crippen molar-refractivity contribution in [3.05, 3.63) is 78.6 Å². The minimum atomic E-state index is 0.209. The lowest BCUT2D eigenvalue weighted by atomic mass is 10.0. The summed E-state index contributed by atoms with van der Waals surface area (Å²) in [6.45, 7) is 0.855. The Morgan fingerprint density at radius 3 is 2.68 bits per heavy atom. The summed E-state index contributed by atoms with van der Waals surface area (Å²) in [5.41, 5.74) is 4.76. The first kappa shape index (κ1) is 15.7. The van der Waals surface area contributed by atoms with Crippen molar-refractivity contribution in [3.63, 3.8) is 0 Å². The summed E-state index contributed by atoms with van der Waals surface area (Å²) < 4.78 is 6.18. The van der Waals surface area contributed by atoms with E-state index in [0.717, 1.165) is 36.4 Å². The Labute approximate surface area is 148 Å². The van der Waals surface area contributed by atoms with Crippen molar-refractivity contribution in [1.29, 1.82) is 0 Å². The van der Waals surface area contributed by atoms with Crippen molar-refractivity contribution < 1.29 is 4.74 Å². The van der Waals surface area contributed by atoms with Crippen molar-refractivity contribution in [3.8, 4) is 16.9 Å². The third kappa shape index (κ3) is 3.50. The predicted molar refractivity (Wildman–Crippen MR) is 102 cm³/mol. The van der Waals surface area contributed by atoms with Crippen LogP contribution in [0.15, 0.2) is 73.1 Å². The Hall–Kier alpha value is -2.81. The van der Waals surface area contributed by atoms with E-state index in [0.29, 0.717) is 0 Å². The molecule has 0 unspecified atom stereocenters. The van der Waals surface area contributed by atoms with Gasteiger partial charge in [0.25, 0.3) is 0 Å². The number of rotatable bonds is 4. The fourth-order valence-corrected chi connectivity index (χ4v) is 3.34. The zero-order valence-electron chi connectivity index (χ0n) is 14.4. The van der Waals surface area contributed by atoms with Gasteiger partial charge in [0, 0.05) is 18.8 Å². The molecule has 25 heavy (non-hydrogen) atoms. The molecule has 1 aromatic heterocycles. The topological polar surface area (TPSA) is 25.4 Å². The average molecular weight is 330 g/mol. The lowest BCUT2D eigenvalue weighted by Crippen LogP contribution is -2.35. The minimum absolute atomic E-state index is 0.209. The van der Waals surface area contributed by atoms with Crippen LogP contribution in [0.1, 0.15) is 12.0 Å². The molecule has 1 aliphatic heterocycles. The Morgan fingerprint density at radius 1 is 1.00 bits per heavy atom. The van der Waals surface area contributed by atoms with E-state index >= 15 is 0 Å². The van der Waals surface area contributed by atoms with Gasteiger partial charge in [0.2, 0.25) is 0 Å². The highest BCUT2D eigenvalue weighted by atomic mass is 16.5. The first-order chi connectivity index (χ1) is 12.3. The molecule has 0 saturated heterocycles. The third-order valence-corrected chi connectivity index (χ3v) is 4.75. The highest BCUT2D eigenvalue weighted by molar-refractivity contribution is 5.66. The van der Waals surface area contributed by atoms with E-state index in [-0.39, 0.29) is 6.10 Å². The number of anilines is 1. The van der Waals surface area contributed by atoms with Crippen molar-refractivity contribution in [2.24, 2.45) is 0 Å². The van der Waals surface area contributed by atoms with Crippen LogP contribution < -0.4 is 9.64 Å². The van der Waals surface area contributed by atoms with Crippen LogP contribution in [0.4, 0.5) is 5.69 Å². The van der Waals surface area contributed by atoms with Crippen LogP contribution in [0.2, 0.25) is 0 Å². The number of para-hydroxylation sites is 1. The predicted octanol–water partition coefficient (Wildman–Crippen LogP) is 4.58. The number of hydrogen-bond acceptors (Lipinski definition) is 3. The molecule has 0 aliphatic carbocycles. The number of hydrogen-bond donors (Lipinski definition) is 0. The SMILES string of the molecule is CN(C[C@@H]1CCc2ccccc2O1)c1cncc(-c2ccccc2)c1. The zero-order chi connectivity index (χ0) is 17.1. The second-order valence-corrected chi connectivity index (χ2v) is 6.56. The molecule has 1 aliphatic rings. The van der Waals surface area contributed by atoms with Gasteiger partial charge in [0.15, 0.2) is 0 Å². The van der Waals surface area contributed by atoms with E-state index in [1.54, 1.807) is 0 Å². The number of pyridine rings is 1. The lowest BCUT2D eigenvalue weighted by molar-refractivity contribution is 0.180. The maximum atomic E-state index is 6.18. The van der Waals surface area contributed by atoms with Crippen LogP contribution in [0, 0.1) is 0 Å². The second-order valence-electron chi connectivity index (χ2n) is 6.56. The summed E-state index contributed by atoms with van der Waals surface area (Å²) in [5, 5.41) is 0. The van der Waals surface area contributed by atoms with Gasteiger partial charge in [0.05, 0.1) is 18.4 Å². The standard InChI is InChI=1S/C22H22N2O/c1-24(16-21-12-11-18-9-5-6-10-22(18)25-21)20-13-19(14-23-15-20)17-7-3-2-4-8-17/h2-10,13-15,21H,11-12,16H2,1H3/t21-/m0/s1. The molecule has 0 radical (unpaired) electrons. The van der Waals surface area contributed by atoms with E-state index in [1.807, 2.05) is 24.5 Å². The second kappa shape index (κ2) is 6.98. The molecule has 2 aromatic carbocycles. The molecular weight excluding hydrogens is 308 g/mol. The van der Waals surface area contributed by atoms with Crippen molar-refractivity contribution in [2.75, 3.05) is 18.5 Å². The fourth-order valence-electron chi connectivity index (χ4n) is 3.34. The maximum absolute atomic E-state index is 6.18. The van der Waals surface area contributed by atoms with E-state index in [4.69, 9.17) is 4.74 Å². The maximum Gasteiger partial charge on any atom is 0.123 e. The van der Waals surface area contributed by atoms with Crippen LogP contribution in [-0.2, 0) is 6.42 Å². The number of likely N-dealkylation sites (N-methyl/N-ethyl adjacent to an activating group) is 1. The summed E-state index contributed by atoms with van der Waals surface area (Å²) in [4.78, 5) is 6.66. The van der Waals surface area contributed by atoms with Crippen LogP contribution in [0.25, 0.3) is 11.1 Å². The molecule has 0 fully saturated rings. The van der Waals surface area contributed by atoms with Crippen LogP contribution in [0.5, 0.6) is 5.75 Å². The Morgan fingerprint density at radius 2 is 1.80 bits per heavy atom. The molecule has 0 amide bonds. The minimum Gasteiger partial charge on any atom is -0.488 e. The van der Waals surface area contributed by atoms with E-state index in [2.05, 4.69) is 65.5 Å². The van der Waals surface area contributed by atoms with Gasteiger partial charge in [0.1, 0.15) is 11.9 Å². The monoisotopic (exact) mass is 330 g/mol. The summed E-state index contributed by atoms with van der Waals surface area (Å²) in [7, 11) is 2.11. The number of fused-ring (bicyclic) bond motifs is 1. The molecule has 1 atom stereocenters. The van der Waals surface area contributed by atoms with Gasteiger partial charge in [-0.05, 0) is 36.1 Å². The van der Waals surface area contributed by atoms with Crippen molar-refractivity contribution in [1.82, 2.24) is 4.98 Å². The van der Waals surface area contributed by atoms with E-state index in [9.17, 15) is 0 Å². The summed E-state index contributed by atoms with van der Waals surface area (Å²) in [6, 6.07) is 20.9. The number of aromatic nitrogens is 1. The number of benzene rings is 2. The van der Waals surface area contributed by atoms with Gasteiger partial charge in [-0.1, -0.05) is 48.5 Å². The van der Waals surface area contributed by atoms with Crippen LogP contribution in [0.3, 0.4) is 0 Å². The third-order valence-electron chi connectivity index (χ3n) is 4.75. The molecular formula is C22H22N2O. The Bertz CT molecular complexity index is 847. The van der Waals surface area contributed by atoms with Gasteiger partial charge in [-0.25, -0.2) is 0 Å². The van der Waals surface area contributed by atoms with Crippen LogP contribution >= 0.6 is 0 Å². The first-order valence-electron chi connectivity index (χ1n) is 8.76. The number of nitrogens with zero attached hydrogens (tertiary/aromatic N) is 2. The number of ether oxygens (including phenoxy) is 1. The molecule has 0 spiro atoms. The molecule has 3 heteroatoms. The Kier molecular flexibility index (Phi) is 4.38. The van der Waals surface area contributed by atoms with E-state index < -0.39 is 0 Å². The smallest absolute Gasteiger partial charge is 0.123 e. The van der Waals surface area contributed by atoms with Crippen molar-refractivity contribution in [2.45, 2.75) is 18.9 Å². The summed E-state index contributed by atoms with van der Waals surface area (Å²) in [5.74, 6) is 1.03. The highest BCUT2D eigenvalue weighted by Crippen LogP contribution is 2.28. The fraction of sp³-hybridized carbons (Fsp3) is 0.227. The quantitative estimate of drug-likeness (QED) is 0.700. The summed E-state index contributed by atoms with van der Waals surface area (Å²) >= 11 is 0. The zero-order valence-corrected chi connectivity index (χ0v) is 14.4. The van der Waals surface area contributed by atoms with Gasteiger partial charge in [-0.2, -0.15) is 0 Å². The molecule has 0 N–H and O–H groups in total. The van der Waals surface area contributed by atoms with Gasteiger partial charge in [-0.3, -0.25) is 4.98 Å². The van der Waals surface area contributed by atoms with E-state index in [1.165, 1.54) is 11.1 Å². The highest BCUT2D eigenvalue weighted by Gasteiger charge is 2.21. The molecule has 3 nitrogen and oxygen atoms in total. The molecule has 126 valence electrons. The molecule has 2 heterocycles. The van der Waals surface area contributed by atoms with Gasteiger partial charge in [-0.15, -0.1) is 0 Å². The normalized spacial score (nSPS) is 16.0. The van der Waals surface area contributed by atoms with Crippen molar-refractivity contribution >= 4 is 5.69 Å². The lowest BCUT2D eigenvalue weighted by Gasteiger charge is -2.30. The first-order valence-corrected chi connectivity index (χ1v) is 8.76. The molecule has 0 saturated carbocycles. The van der Waals surface area contributed by atoms with Gasteiger partial charge < -0.3 is 9.64 Å². The number of aryl methyl sites for hydroxylation is 1. The Balaban J connectivity index is 1.48. The molecule has 3 aromatic rings.